The highest BCUT2D eigenvalue weighted by Crippen LogP contribution is 2.52. The molecule has 3 aliphatic rings. The quantitative estimate of drug-likeness (QED) is 0.600. The third-order valence-electron chi connectivity index (χ3n) is 6.31. The minimum atomic E-state index is -0.787. The van der Waals surface area contributed by atoms with Gasteiger partial charge in [-0.2, -0.15) is 5.10 Å². The van der Waals surface area contributed by atoms with Gasteiger partial charge in [0.15, 0.2) is 5.78 Å². The number of benzene rings is 2. The molecular formula is C23H21N3O3. The molecular weight excluding hydrogens is 366 g/mol. The van der Waals surface area contributed by atoms with Gasteiger partial charge >= 0.3 is 0 Å². The van der Waals surface area contributed by atoms with Crippen LogP contribution in [0.2, 0.25) is 0 Å². The van der Waals surface area contributed by atoms with Crippen LogP contribution in [0.25, 0.3) is 0 Å². The Hall–Kier alpha value is -3.28. The topological polar surface area (TPSA) is 70.1 Å². The molecule has 3 aliphatic heterocycles. The molecule has 2 saturated heterocycles. The van der Waals surface area contributed by atoms with Crippen LogP contribution < -0.4 is 0 Å². The van der Waals surface area contributed by atoms with Crippen LogP contribution in [0.4, 0.5) is 0 Å². The van der Waals surface area contributed by atoms with Crippen LogP contribution in [0.15, 0.2) is 53.6 Å². The maximum absolute atomic E-state index is 13.5. The number of carbonyl (C=O) groups excluding carboxylic acids is 3. The lowest BCUT2D eigenvalue weighted by atomic mass is 9.83. The average Bonchev–Trinajstić information content (AvgIpc) is 3.21. The molecule has 0 unspecified atom stereocenters. The summed E-state index contributed by atoms with van der Waals surface area (Å²) in [7, 11) is 0. The van der Waals surface area contributed by atoms with E-state index in [9.17, 15) is 14.4 Å². The minimum absolute atomic E-state index is 0.168. The monoisotopic (exact) mass is 387 g/mol. The predicted molar refractivity (Wildman–Crippen MR) is 107 cm³/mol. The smallest absolute Gasteiger partial charge is 0.235 e. The molecule has 0 bridgehead atoms. The van der Waals surface area contributed by atoms with Crippen LogP contribution in [-0.4, -0.2) is 46.3 Å². The third kappa shape index (κ3) is 2.41. The summed E-state index contributed by atoms with van der Waals surface area (Å²) in [6.45, 7) is 4.06. The minimum Gasteiger partial charge on any atom is -0.292 e. The van der Waals surface area contributed by atoms with Gasteiger partial charge < -0.3 is 0 Å². The zero-order valence-electron chi connectivity index (χ0n) is 16.3. The number of nitrogens with zero attached hydrogens (tertiary/aromatic N) is 3. The van der Waals surface area contributed by atoms with E-state index in [0.29, 0.717) is 12.1 Å². The summed E-state index contributed by atoms with van der Waals surface area (Å²) in [6, 6.07) is 13.9. The number of likely N-dealkylation sites (tertiary alicyclic amines) is 1. The molecule has 5 rings (SSSR count). The zero-order valence-corrected chi connectivity index (χ0v) is 16.3. The second-order valence-corrected chi connectivity index (χ2v) is 7.85. The predicted octanol–water partition coefficient (Wildman–Crippen LogP) is 2.57. The number of amides is 2. The van der Waals surface area contributed by atoms with Crippen molar-refractivity contribution in [1.29, 1.82) is 0 Å². The van der Waals surface area contributed by atoms with Crippen LogP contribution in [0, 0.1) is 18.8 Å². The number of aryl methyl sites for hydroxylation is 1. The van der Waals surface area contributed by atoms with Crippen molar-refractivity contribution in [3.63, 3.8) is 0 Å². The summed E-state index contributed by atoms with van der Waals surface area (Å²) in [4.78, 5) is 41.1. The van der Waals surface area contributed by atoms with Crippen molar-refractivity contribution in [2.45, 2.75) is 25.9 Å². The van der Waals surface area contributed by atoms with Gasteiger partial charge in [0, 0.05) is 12.1 Å². The number of hydrazone groups is 1. The second-order valence-electron chi connectivity index (χ2n) is 7.85. The molecule has 146 valence electrons. The van der Waals surface area contributed by atoms with Crippen molar-refractivity contribution >= 4 is 23.8 Å². The molecule has 4 atom stereocenters. The molecule has 2 amide bonds. The fraction of sp³-hybridized carbons (Fsp3) is 0.304. The van der Waals surface area contributed by atoms with Gasteiger partial charge in [0.25, 0.3) is 0 Å². The summed E-state index contributed by atoms with van der Waals surface area (Å²) in [6.07, 6.45) is 1.72. The van der Waals surface area contributed by atoms with E-state index < -0.39 is 23.9 Å². The largest absolute Gasteiger partial charge is 0.292 e. The highest BCUT2D eigenvalue weighted by molar-refractivity contribution is 6.12. The van der Waals surface area contributed by atoms with Crippen LogP contribution in [0.1, 0.15) is 40.0 Å². The Labute approximate surface area is 168 Å². The van der Waals surface area contributed by atoms with Crippen molar-refractivity contribution in [3.8, 4) is 0 Å². The van der Waals surface area contributed by atoms with Crippen LogP contribution in [0.3, 0.4) is 0 Å². The first-order chi connectivity index (χ1) is 14.0. The van der Waals surface area contributed by atoms with Crippen LogP contribution >= 0.6 is 0 Å². The Bertz CT molecular complexity index is 1060. The van der Waals surface area contributed by atoms with Crippen molar-refractivity contribution in [2.75, 3.05) is 6.54 Å². The Morgan fingerprint density at radius 2 is 1.69 bits per heavy atom. The molecule has 0 radical (unpaired) electrons. The maximum Gasteiger partial charge on any atom is 0.235 e. The highest BCUT2D eigenvalue weighted by atomic mass is 16.2. The van der Waals surface area contributed by atoms with Gasteiger partial charge in [-0.1, -0.05) is 54.1 Å². The van der Waals surface area contributed by atoms with E-state index in [0.717, 1.165) is 16.7 Å². The van der Waals surface area contributed by atoms with Crippen molar-refractivity contribution in [2.24, 2.45) is 16.9 Å². The van der Waals surface area contributed by atoms with E-state index >= 15 is 0 Å². The number of ketones is 1. The zero-order chi connectivity index (χ0) is 20.3. The summed E-state index contributed by atoms with van der Waals surface area (Å²) >= 11 is 0. The average molecular weight is 387 g/mol. The molecule has 2 fully saturated rings. The SMILES string of the molecule is CCN1C(=O)[C@@H]2[C@H](C1=O)[C@@H]1c3ccccc3C=NN1[C@H]2C(=O)c1ccc(C)cc1. The van der Waals surface area contributed by atoms with Gasteiger partial charge in [0.2, 0.25) is 11.8 Å². The molecule has 0 saturated carbocycles. The summed E-state index contributed by atoms with van der Waals surface area (Å²) in [5.41, 5.74) is 3.45. The highest BCUT2D eigenvalue weighted by Gasteiger charge is 2.64. The molecule has 2 aromatic rings. The molecule has 0 spiro atoms. The number of hydrogen-bond donors (Lipinski definition) is 0. The molecule has 29 heavy (non-hydrogen) atoms. The number of Topliss-reactive ketones (excluding diaryl/α,β-unsaturated/α-hetero) is 1. The second kappa shape index (κ2) is 6.37. The Morgan fingerprint density at radius 1 is 1.00 bits per heavy atom. The van der Waals surface area contributed by atoms with Crippen molar-refractivity contribution in [3.05, 3.63) is 70.8 Å². The fourth-order valence-corrected chi connectivity index (χ4v) is 4.93. The molecule has 6 nitrogen and oxygen atoms in total. The fourth-order valence-electron chi connectivity index (χ4n) is 4.93. The van der Waals surface area contributed by atoms with Crippen LogP contribution in [-0.2, 0) is 9.59 Å². The Morgan fingerprint density at radius 3 is 2.41 bits per heavy atom. The molecule has 0 N–H and O–H groups in total. The van der Waals surface area contributed by atoms with E-state index in [1.807, 2.05) is 43.3 Å². The van der Waals surface area contributed by atoms with Gasteiger partial charge in [-0.05, 0) is 25.0 Å². The lowest BCUT2D eigenvalue weighted by Crippen LogP contribution is -2.44. The lowest BCUT2D eigenvalue weighted by molar-refractivity contribution is -0.141. The third-order valence-corrected chi connectivity index (χ3v) is 6.31. The van der Waals surface area contributed by atoms with Gasteiger partial charge in [0.05, 0.1) is 24.1 Å². The standard InChI is InChI=1S/C23H21N3O3/c1-3-25-22(28)17-18(23(25)29)20(21(27)14-10-8-13(2)9-11-14)26-19(17)16-7-5-4-6-15(16)12-24-26/h4-12,17-20H,3H2,1-2H3/t17-,18+,19-,20+/m0/s1. The molecule has 6 heteroatoms. The lowest BCUT2D eigenvalue weighted by Gasteiger charge is -2.33. The summed E-state index contributed by atoms with van der Waals surface area (Å²) in [5, 5.41) is 6.24. The van der Waals surface area contributed by atoms with Crippen LogP contribution in [0.5, 0.6) is 0 Å². The molecule has 0 aliphatic carbocycles. The first-order valence-corrected chi connectivity index (χ1v) is 9.90. The van der Waals surface area contributed by atoms with E-state index in [2.05, 4.69) is 5.10 Å². The number of carbonyl (C=O) groups is 3. The summed E-state index contributed by atoms with van der Waals surface area (Å²) < 4.78 is 0. The number of hydrogen-bond acceptors (Lipinski definition) is 5. The van der Waals surface area contributed by atoms with Gasteiger partial charge in [-0.15, -0.1) is 0 Å². The normalized spacial score (nSPS) is 27.1. The van der Waals surface area contributed by atoms with E-state index in [4.69, 9.17) is 0 Å². The number of imide groups is 1. The molecule has 2 aromatic carbocycles. The molecule has 0 aromatic heterocycles. The van der Waals surface area contributed by atoms with Crippen molar-refractivity contribution < 1.29 is 14.4 Å². The van der Waals surface area contributed by atoms with Crippen molar-refractivity contribution in [1.82, 2.24) is 9.91 Å². The maximum atomic E-state index is 13.5. The number of rotatable bonds is 3. The van der Waals surface area contributed by atoms with E-state index in [1.54, 1.807) is 30.3 Å². The van der Waals surface area contributed by atoms with Gasteiger partial charge in [-0.25, -0.2) is 0 Å². The van der Waals surface area contributed by atoms with E-state index in [1.165, 1.54) is 4.90 Å². The Balaban J connectivity index is 1.65. The molecule has 3 heterocycles. The van der Waals surface area contributed by atoms with E-state index in [-0.39, 0.29) is 17.6 Å². The first-order valence-electron chi connectivity index (χ1n) is 9.90. The Kier molecular flexibility index (Phi) is 3.91. The van der Waals surface area contributed by atoms with Gasteiger partial charge in [-0.3, -0.25) is 24.3 Å². The number of fused-ring (bicyclic) bond motifs is 5. The summed E-state index contributed by atoms with van der Waals surface area (Å²) in [5.74, 6) is -1.96. The van der Waals surface area contributed by atoms with Gasteiger partial charge in [0.1, 0.15) is 6.04 Å². The first kappa shape index (κ1) is 17.8.